The number of hydrogen-bond donors (Lipinski definition) is 1. The Labute approximate surface area is 117 Å². The van der Waals surface area contributed by atoms with E-state index in [1.165, 1.54) is 38.2 Å². The molecule has 1 spiro atoms. The van der Waals surface area contributed by atoms with E-state index in [0.29, 0.717) is 6.10 Å². The van der Waals surface area contributed by atoms with Gasteiger partial charge in [0.05, 0.1) is 17.4 Å². The Morgan fingerprint density at radius 3 is 2.84 bits per heavy atom. The minimum absolute atomic E-state index is 0.192. The van der Waals surface area contributed by atoms with E-state index in [1.54, 1.807) is 17.8 Å². The van der Waals surface area contributed by atoms with Gasteiger partial charge in [0.2, 0.25) is 0 Å². The first-order valence-electron chi connectivity index (χ1n) is 7.03. The maximum atomic E-state index is 13.4. The molecule has 2 N–H and O–H groups in total. The normalized spacial score (nSPS) is 25.2. The van der Waals surface area contributed by atoms with Crippen LogP contribution in [0.1, 0.15) is 38.5 Å². The van der Waals surface area contributed by atoms with Gasteiger partial charge in [-0.1, -0.05) is 12.8 Å². The van der Waals surface area contributed by atoms with Crippen molar-refractivity contribution in [2.45, 2.75) is 55.1 Å². The Bertz CT molecular complexity index is 459. The first kappa shape index (κ1) is 13.3. The van der Waals surface area contributed by atoms with E-state index >= 15 is 0 Å². The summed E-state index contributed by atoms with van der Waals surface area (Å²) >= 11 is 1.66. The van der Waals surface area contributed by atoms with Crippen molar-refractivity contribution in [1.29, 1.82) is 0 Å². The standard InChI is InChI=1S/C15H20FNOS/c16-13-9-12(3-4-14(13)17)19-10-11-5-8-15(18-11)6-1-2-7-15/h3-4,9,11H,1-2,5-8,10,17H2. The summed E-state index contributed by atoms with van der Waals surface area (Å²) in [6.07, 6.45) is 7.74. The molecule has 1 saturated carbocycles. The second kappa shape index (κ2) is 5.33. The fourth-order valence-corrected chi connectivity index (χ4v) is 4.15. The summed E-state index contributed by atoms with van der Waals surface area (Å²) in [4.78, 5) is 0.933. The van der Waals surface area contributed by atoms with Crippen LogP contribution >= 0.6 is 11.8 Å². The molecule has 1 saturated heterocycles. The Kier molecular flexibility index (Phi) is 3.72. The molecule has 4 heteroatoms. The van der Waals surface area contributed by atoms with E-state index in [2.05, 4.69) is 0 Å². The summed E-state index contributed by atoms with van der Waals surface area (Å²) in [6.45, 7) is 0. The number of thioether (sulfide) groups is 1. The van der Waals surface area contributed by atoms with E-state index in [1.807, 2.05) is 6.07 Å². The molecule has 104 valence electrons. The summed E-state index contributed by atoms with van der Waals surface area (Å²) in [5.74, 6) is 0.579. The average Bonchev–Trinajstić information content (AvgIpc) is 3.02. The number of nitrogens with two attached hydrogens (primary N) is 1. The van der Waals surface area contributed by atoms with Gasteiger partial charge in [0, 0.05) is 10.6 Å². The molecule has 1 aromatic rings. The van der Waals surface area contributed by atoms with Crippen molar-refractivity contribution in [3.05, 3.63) is 24.0 Å². The van der Waals surface area contributed by atoms with Crippen molar-refractivity contribution in [2.75, 3.05) is 11.5 Å². The van der Waals surface area contributed by atoms with E-state index in [-0.39, 0.29) is 17.1 Å². The fourth-order valence-electron chi connectivity index (χ4n) is 3.19. The van der Waals surface area contributed by atoms with Gasteiger partial charge >= 0.3 is 0 Å². The molecule has 19 heavy (non-hydrogen) atoms. The molecule has 2 aliphatic rings. The number of ether oxygens (including phenoxy) is 1. The number of hydrogen-bond acceptors (Lipinski definition) is 3. The summed E-state index contributed by atoms with van der Waals surface area (Å²) in [5, 5.41) is 0. The van der Waals surface area contributed by atoms with Gasteiger partial charge in [-0.3, -0.25) is 0 Å². The van der Waals surface area contributed by atoms with E-state index < -0.39 is 0 Å². The van der Waals surface area contributed by atoms with E-state index in [0.717, 1.165) is 17.1 Å². The molecule has 1 heterocycles. The zero-order valence-corrected chi connectivity index (χ0v) is 11.8. The lowest BCUT2D eigenvalue weighted by atomic mass is 9.98. The van der Waals surface area contributed by atoms with Crippen molar-refractivity contribution in [3.63, 3.8) is 0 Å². The van der Waals surface area contributed by atoms with Crippen LogP contribution in [-0.2, 0) is 4.74 Å². The van der Waals surface area contributed by atoms with E-state index in [9.17, 15) is 4.39 Å². The molecular formula is C15H20FNOS. The van der Waals surface area contributed by atoms with Crippen molar-refractivity contribution >= 4 is 17.4 Å². The molecule has 1 aliphatic heterocycles. The molecule has 2 fully saturated rings. The van der Waals surface area contributed by atoms with Crippen LogP contribution in [0.5, 0.6) is 0 Å². The van der Waals surface area contributed by atoms with Gasteiger partial charge in [0.25, 0.3) is 0 Å². The largest absolute Gasteiger partial charge is 0.396 e. The fraction of sp³-hybridized carbons (Fsp3) is 0.600. The molecule has 0 radical (unpaired) electrons. The van der Waals surface area contributed by atoms with Gasteiger partial charge in [0.15, 0.2) is 0 Å². The smallest absolute Gasteiger partial charge is 0.147 e. The third-order valence-corrected chi connectivity index (χ3v) is 5.39. The lowest BCUT2D eigenvalue weighted by Crippen LogP contribution is -2.25. The lowest BCUT2D eigenvalue weighted by Gasteiger charge is -2.23. The summed E-state index contributed by atoms with van der Waals surface area (Å²) < 4.78 is 19.6. The molecule has 1 aliphatic carbocycles. The van der Waals surface area contributed by atoms with Crippen molar-refractivity contribution in [3.8, 4) is 0 Å². The third kappa shape index (κ3) is 2.90. The van der Waals surface area contributed by atoms with Crippen LogP contribution in [0.15, 0.2) is 23.1 Å². The Morgan fingerprint density at radius 2 is 2.11 bits per heavy atom. The van der Waals surface area contributed by atoms with Gasteiger partial charge in [-0.2, -0.15) is 0 Å². The summed E-state index contributed by atoms with van der Waals surface area (Å²) in [6, 6.07) is 5.02. The van der Waals surface area contributed by atoms with Crippen molar-refractivity contribution in [1.82, 2.24) is 0 Å². The van der Waals surface area contributed by atoms with Crippen molar-refractivity contribution < 1.29 is 9.13 Å². The van der Waals surface area contributed by atoms with Crippen LogP contribution in [0.25, 0.3) is 0 Å². The summed E-state index contributed by atoms with van der Waals surface area (Å²) in [7, 11) is 0. The highest BCUT2D eigenvalue weighted by molar-refractivity contribution is 7.99. The highest BCUT2D eigenvalue weighted by atomic mass is 32.2. The minimum atomic E-state index is -0.329. The Balaban J connectivity index is 1.54. The number of halogens is 1. The quantitative estimate of drug-likeness (QED) is 0.672. The monoisotopic (exact) mass is 281 g/mol. The highest BCUT2D eigenvalue weighted by Crippen LogP contribution is 2.44. The topological polar surface area (TPSA) is 35.2 Å². The number of nitrogen functional groups attached to an aromatic ring is 1. The molecule has 0 amide bonds. The second-order valence-corrected chi connectivity index (χ2v) is 6.76. The van der Waals surface area contributed by atoms with Crippen molar-refractivity contribution in [2.24, 2.45) is 0 Å². The molecule has 0 aromatic heterocycles. The average molecular weight is 281 g/mol. The molecule has 1 aromatic carbocycles. The predicted octanol–water partition coefficient (Wildman–Crippen LogP) is 3.99. The highest BCUT2D eigenvalue weighted by Gasteiger charge is 2.41. The van der Waals surface area contributed by atoms with Gasteiger partial charge in [0.1, 0.15) is 5.82 Å². The van der Waals surface area contributed by atoms with Crippen LogP contribution in [0.2, 0.25) is 0 Å². The number of anilines is 1. The lowest BCUT2D eigenvalue weighted by molar-refractivity contribution is -0.0267. The van der Waals surface area contributed by atoms with Gasteiger partial charge < -0.3 is 10.5 Å². The maximum Gasteiger partial charge on any atom is 0.147 e. The molecule has 3 rings (SSSR count). The Hall–Kier alpha value is -0.740. The van der Waals surface area contributed by atoms with Crippen LogP contribution < -0.4 is 5.73 Å². The van der Waals surface area contributed by atoms with Gasteiger partial charge in [-0.25, -0.2) is 4.39 Å². The van der Waals surface area contributed by atoms with Gasteiger partial charge in [-0.15, -0.1) is 11.8 Å². The predicted molar refractivity (Wildman–Crippen MR) is 76.8 cm³/mol. The molecular weight excluding hydrogens is 261 g/mol. The molecule has 2 nitrogen and oxygen atoms in total. The summed E-state index contributed by atoms with van der Waals surface area (Å²) in [5.41, 5.74) is 5.88. The first-order chi connectivity index (χ1) is 9.17. The first-order valence-corrected chi connectivity index (χ1v) is 8.01. The van der Waals surface area contributed by atoms with Crippen LogP contribution in [0.3, 0.4) is 0 Å². The zero-order chi connectivity index (χ0) is 13.3. The van der Waals surface area contributed by atoms with E-state index in [4.69, 9.17) is 10.5 Å². The number of benzene rings is 1. The van der Waals surface area contributed by atoms with Crippen LogP contribution in [0, 0.1) is 5.82 Å². The third-order valence-electron chi connectivity index (χ3n) is 4.26. The minimum Gasteiger partial charge on any atom is -0.396 e. The SMILES string of the molecule is Nc1ccc(SCC2CCC3(CCCC3)O2)cc1F. The van der Waals surface area contributed by atoms with Crippen LogP contribution in [0.4, 0.5) is 10.1 Å². The van der Waals surface area contributed by atoms with Gasteiger partial charge in [-0.05, 0) is 43.9 Å². The maximum absolute atomic E-state index is 13.4. The molecule has 1 atom stereocenters. The second-order valence-electron chi connectivity index (χ2n) is 5.66. The molecule has 1 unspecified atom stereocenters. The molecule has 0 bridgehead atoms. The Morgan fingerprint density at radius 1 is 1.32 bits per heavy atom. The number of rotatable bonds is 3. The van der Waals surface area contributed by atoms with Crippen LogP contribution in [-0.4, -0.2) is 17.5 Å². The zero-order valence-electron chi connectivity index (χ0n) is 11.0.